The van der Waals surface area contributed by atoms with Crippen molar-refractivity contribution >= 4 is 17.7 Å². The number of amides is 1. The Morgan fingerprint density at radius 2 is 2.40 bits per heavy atom. The van der Waals surface area contributed by atoms with Crippen LogP contribution in [0.3, 0.4) is 0 Å². The summed E-state index contributed by atoms with van der Waals surface area (Å²) in [6.45, 7) is 0.333. The van der Waals surface area contributed by atoms with E-state index in [0.29, 0.717) is 5.75 Å². The van der Waals surface area contributed by atoms with Crippen molar-refractivity contribution in [1.82, 2.24) is 10.6 Å². The van der Waals surface area contributed by atoms with Crippen LogP contribution in [-0.2, 0) is 4.79 Å². The molecule has 2 unspecified atom stereocenters. The number of hydrogen-bond acceptors (Lipinski definition) is 4. The van der Waals surface area contributed by atoms with E-state index < -0.39 is 19.1 Å². The second kappa shape index (κ2) is 6.24. The summed E-state index contributed by atoms with van der Waals surface area (Å²) >= 11 is 1.64. The largest absolute Gasteiger partial charge is 0.385 e. The van der Waals surface area contributed by atoms with Crippen LogP contribution in [0.25, 0.3) is 0 Å². The van der Waals surface area contributed by atoms with E-state index in [1.54, 1.807) is 11.8 Å². The molecule has 1 aliphatic rings. The standard InChI is InChI=1S/C8H14F2N2O2S/c9-7(10)6(13)3-12-8(14)5-4-15-2-1-11-5/h5-7,11,13H,1-4H2,(H,12,14). The minimum Gasteiger partial charge on any atom is -0.385 e. The van der Waals surface area contributed by atoms with E-state index in [-0.39, 0.29) is 11.9 Å². The third kappa shape index (κ3) is 4.31. The van der Waals surface area contributed by atoms with Crippen LogP contribution in [0.2, 0.25) is 0 Å². The Bertz CT molecular complexity index is 213. The molecule has 0 spiro atoms. The van der Waals surface area contributed by atoms with Crippen LogP contribution < -0.4 is 10.6 Å². The second-order valence-corrected chi connectivity index (χ2v) is 4.38. The molecule has 88 valence electrons. The van der Waals surface area contributed by atoms with Gasteiger partial charge < -0.3 is 15.7 Å². The highest BCUT2D eigenvalue weighted by atomic mass is 32.2. The first-order valence-corrected chi connectivity index (χ1v) is 5.82. The number of nitrogens with one attached hydrogen (secondary N) is 2. The molecular formula is C8H14F2N2O2S. The van der Waals surface area contributed by atoms with Crippen molar-refractivity contribution in [3.05, 3.63) is 0 Å². The van der Waals surface area contributed by atoms with Gasteiger partial charge in [0.1, 0.15) is 6.10 Å². The molecule has 1 amide bonds. The lowest BCUT2D eigenvalue weighted by Gasteiger charge is -2.22. The number of thioether (sulfide) groups is 1. The molecule has 0 bridgehead atoms. The van der Waals surface area contributed by atoms with Crippen LogP contribution >= 0.6 is 11.8 Å². The van der Waals surface area contributed by atoms with E-state index in [4.69, 9.17) is 5.11 Å². The number of halogens is 2. The van der Waals surface area contributed by atoms with E-state index in [9.17, 15) is 13.6 Å². The van der Waals surface area contributed by atoms with Crippen molar-refractivity contribution in [1.29, 1.82) is 0 Å². The summed E-state index contributed by atoms with van der Waals surface area (Å²) in [6, 6.07) is -0.339. The molecule has 0 aromatic rings. The molecule has 1 saturated heterocycles. The van der Waals surface area contributed by atoms with Gasteiger partial charge in [0.15, 0.2) is 0 Å². The minimum atomic E-state index is -2.82. The number of rotatable bonds is 4. The van der Waals surface area contributed by atoms with Crippen molar-refractivity contribution in [2.45, 2.75) is 18.6 Å². The molecule has 15 heavy (non-hydrogen) atoms. The normalized spacial score (nSPS) is 23.9. The zero-order chi connectivity index (χ0) is 11.3. The van der Waals surface area contributed by atoms with Gasteiger partial charge in [-0.15, -0.1) is 0 Å². The van der Waals surface area contributed by atoms with Gasteiger partial charge in [-0.1, -0.05) is 0 Å². The highest BCUT2D eigenvalue weighted by Crippen LogP contribution is 2.07. The van der Waals surface area contributed by atoms with Gasteiger partial charge in [-0.3, -0.25) is 4.79 Å². The Morgan fingerprint density at radius 1 is 1.67 bits per heavy atom. The molecule has 2 atom stereocenters. The van der Waals surface area contributed by atoms with E-state index >= 15 is 0 Å². The van der Waals surface area contributed by atoms with Crippen LogP contribution in [0.4, 0.5) is 8.78 Å². The van der Waals surface area contributed by atoms with Gasteiger partial charge in [0, 0.05) is 24.6 Å². The molecule has 4 nitrogen and oxygen atoms in total. The van der Waals surface area contributed by atoms with E-state index in [1.165, 1.54) is 0 Å². The summed E-state index contributed by atoms with van der Waals surface area (Å²) in [4.78, 5) is 11.4. The van der Waals surface area contributed by atoms with Gasteiger partial charge in [0.2, 0.25) is 5.91 Å². The fourth-order valence-corrected chi connectivity index (χ4v) is 2.09. The number of aliphatic hydroxyl groups is 1. The second-order valence-electron chi connectivity index (χ2n) is 3.23. The first-order valence-electron chi connectivity index (χ1n) is 4.66. The number of carbonyl (C=O) groups excluding carboxylic acids is 1. The Morgan fingerprint density at radius 3 is 2.93 bits per heavy atom. The minimum absolute atomic E-state index is 0.332. The molecule has 1 heterocycles. The lowest BCUT2D eigenvalue weighted by molar-refractivity contribution is -0.123. The number of aliphatic hydroxyl groups excluding tert-OH is 1. The van der Waals surface area contributed by atoms with Gasteiger partial charge in [0.25, 0.3) is 6.43 Å². The average molecular weight is 240 g/mol. The van der Waals surface area contributed by atoms with Crippen molar-refractivity contribution in [2.75, 3.05) is 24.6 Å². The van der Waals surface area contributed by atoms with Crippen molar-refractivity contribution in [3.8, 4) is 0 Å². The van der Waals surface area contributed by atoms with Gasteiger partial charge >= 0.3 is 0 Å². The third-order valence-electron chi connectivity index (χ3n) is 2.01. The monoisotopic (exact) mass is 240 g/mol. The van der Waals surface area contributed by atoms with Gasteiger partial charge in [-0.05, 0) is 0 Å². The predicted molar refractivity (Wildman–Crippen MR) is 54.1 cm³/mol. The summed E-state index contributed by atoms with van der Waals surface area (Å²) in [5.74, 6) is 1.25. The maximum atomic E-state index is 11.9. The lowest BCUT2D eigenvalue weighted by atomic mass is 10.3. The zero-order valence-corrected chi connectivity index (χ0v) is 8.90. The predicted octanol–water partition coefficient (Wildman–Crippen LogP) is -0.566. The Balaban J connectivity index is 2.22. The molecule has 7 heteroatoms. The van der Waals surface area contributed by atoms with E-state index in [2.05, 4.69) is 10.6 Å². The van der Waals surface area contributed by atoms with Crippen molar-refractivity contribution < 1.29 is 18.7 Å². The quantitative estimate of drug-likeness (QED) is 0.616. The van der Waals surface area contributed by atoms with Crippen molar-refractivity contribution in [2.24, 2.45) is 0 Å². The first kappa shape index (κ1) is 12.7. The highest BCUT2D eigenvalue weighted by molar-refractivity contribution is 7.99. The van der Waals surface area contributed by atoms with Gasteiger partial charge in [0.05, 0.1) is 6.04 Å². The summed E-state index contributed by atoms with van der Waals surface area (Å²) < 4.78 is 23.8. The van der Waals surface area contributed by atoms with Gasteiger partial charge in [-0.2, -0.15) is 11.8 Å². The van der Waals surface area contributed by atoms with E-state index in [0.717, 1.165) is 12.3 Å². The average Bonchev–Trinajstić information content (AvgIpc) is 2.26. The van der Waals surface area contributed by atoms with Crippen LogP contribution in [0.5, 0.6) is 0 Å². The van der Waals surface area contributed by atoms with Crippen molar-refractivity contribution in [3.63, 3.8) is 0 Å². The molecule has 0 aromatic carbocycles. The highest BCUT2D eigenvalue weighted by Gasteiger charge is 2.23. The van der Waals surface area contributed by atoms with E-state index in [1.807, 2.05) is 0 Å². The fourth-order valence-electron chi connectivity index (χ4n) is 1.15. The van der Waals surface area contributed by atoms with Crippen LogP contribution in [-0.4, -0.2) is 54.2 Å². The molecule has 0 saturated carbocycles. The molecule has 1 rings (SSSR count). The number of alkyl halides is 2. The zero-order valence-electron chi connectivity index (χ0n) is 8.08. The molecule has 0 aromatic heterocycles. The van der Waals surface area contributed by atoms with Crippen LogP contribution in [0, 0.1) is 0 Å². The molecule has 3 N–H and O–H groups in total. The first-order chi connectivity index (χ1) is 7.11. The Labute approximate surface area is 90.8 Å². The SMILES string of the molecule is O=C(NCC(O)C(F)F)C1CSCCN1. The summed E-state index contributed by atoms with van der Waals surface area (Å²) in [6.07, 6.45) is -4.61. The topological polar surface area (TPSA) is 61.4 Å². The smallest absolute Gasteiger partial charge is 0.265 e. The van der Waals surface area contributed by atoms with Crippen LogP contribution in [0.15, 0.2) is 0 Å². The lowest BCUT2D eigenvalue weighted by Crippen LogP contribution is -2.50. The Hall–Kier alpha value is -0.400. The molecule has 0 radical (unpaired) electrons. The summed E-state index contributed by atoms with van der Waals surface area (Å²) in [5.41, 5.74) is 0. The third-order valence-corrected chi connectivity index (χ3v) is 3.08. The maximum Gasteiger partial charge on any atom is 0.265 e. The molecule has 1 aliphatic heterocycles. The van der Waals surface area contributed by atoms with Crippen LogP contribution in [0.1, 0.15) is 0 Å². The molecular weight excluding hydrogens is 226 g/mol. The number of hydrogen-bond donors (Lipinski definition) is 3. The molecule has 1 fully saturated rings. The molecule has 0 aliphatic carbocycles. The summed E-state index contributed by atoms with van der Waals surface area (Å²) in [7, 11) is 0. The Kier molecular flexibility index (Phi) is 5.27. The van der Waals surface area contributed by atoms with Gasteiger partial charge in [-0.25, -0.2) is 8.78 Å². The fraction of sp³-hybridized carbons (Fsp3) is 0.875. The summed E-state index contributed by atoms with van der Waals surface area (Å²) in [5, 5.41) is 14.0. The number of carbonyl (C=O) groups is 1. The maximum absolute atomic E-state index is 11.9.